The van der Waals surface area contributed by atoms with E-state index >= 15 is 0 Å². The molecule has 1 aromatic heterocycles. The molecule has 2 amide bonds. The van der Waals surface area contributed by atoms with E-state index in [4.69, 9.17) is 0 Å². The lowest BCUT2D eigenvalue weighted by Crippen LogP contribution is -2.33. The SMILES string of the molecule is O=C(NCc1cccnc1N1CCCCC1)Nc1ccc2c(c1)OC(F)(F)O2. The van der Waals surface area contributed by atoms with Crippen molar-refractivity contribution in [3.8, 4) is 11.5 Å². The fraction of sp³-hybridized carbons (Fsp3) is 0.368. The van der Waals surface area contributed by atoms with Crippen molar-refractivity contribution in [1.29, 1.82) is 0 Å². The van der Waals surface area contributed by atoms with Gasteiger partial charge in [-0.1, -0.05) is 6.07 Å². The van der Waals surface area contributed by atoms with E-state index in [1.165, 1.54) is 24.6 Å². The number of pyridine rings is 1. The molecule has 0 spiro atoms. The molecule has 0 atom stereocenters. The fourth-order valence-corrected chi connectivity index (χ4v) is 3.34. The lowest BCUT2D eigenvalue weighted by atomic mass is 10.1. The van der Waals surface area contributed by atoms with Crippen LogP contribution in [-0.2, 0) is 6.54 Å². The normalized spacial score (nSPS) is 17.3. The topological polar surface area (TPSA) is 75.7 Å². The first-order chi connectivity index (χ1) is 13.5. The minimum absolute atomic E-state index is 0.0718. The smallest absolute Gasteiger partial charge is 0.395 e. The molecule has 2 N–H and O–H groups in total. The molecule has 28 heavy (non-hydrogen) atoms. The van der Waals surface area contributed by atoms with Gasteiger partial charge >= 0.3 is 12.3 Å². The third-order valence-corrected chi connectivity index (χ3v) is 4.62. The van der Waals surface area contributed by atoms with Crippen molar-refractivity contribution in [2.24, 2.45) is 0 Å². The number of nitrogens with zero attached hydrogens (tertiary/aromatic N) is 2. The van der Waals surface area contributed by atoms with Crippen LogP contribution < -0.4 is 25.0 Å². The molecule has 1 aromatic carbocycles. The van der Waals surface area contributed by atoms with Crippen molar-refractivity contribution in [3.05, 3.63) is 42.1 Å². The minimum atomic E-state index is -3.69. The first-order valence-electron chi connectivity index (χ1n) is 9.14. The summed E-state index contributed by atoms with van der Waals surface area (Å²) in [5.41, 5.74) is 1.24. The number of fused-ring (bicyclic) bond motifs is 1. The van der Waals surface area contributed by atoms with E-state index in [1.807, 2.05) is 12.1 Å². The van der Waals surface area contributed by atoms with Gasteiger partial charge in [0.15, 0.2) is 11.5 Å². The Morgan fingerprint density at radius 2 is 1.93 bits per heavy atom. The minimum Gasteiger partial charge on any atom is -0.395 e. The first kappa shape index (κ1) is 18.3. The number of aromatic nitrogens is 1. The van der Waals surface area contributed by atoms with Crippen LogP contribution in [0.5, 0.6) is 11.5 Å². The predicted molar refractivity (Wildman–Crippen MR) is 98.8 cm³/mol. The molecule has 0 bridgehead atoms. The van der Waals surface area contributed by atoms with E-state index in [2.05, 4.69) is 30.0 Å². The zero-order valence-electron chi connectivity index (χ0n) is 15.1. The average Bonchev–Trinajstić information content (AvgIpc) is 3.00. The molecule has 2 aliphatic rings. The molecule has 0 unspecified atom stereocenters. The maximum Gasteiger partial charge on any atom is 0.586 e. The molecule has 0 aliphatic carbocycles. The maximum absolute atomic E-state index is 13.1. The Hall–Kier alpha value is -3.10. The summed E-state index contributed by atoms with van der Waals surface area (Å²) in [5, 5.41) is 5.38. The third kappa shape index (κ3) is 4.08. The van der Waals surface area contributed by atoms with Crippen LogP contribution in [-0.4, -0.2) is 30.4 Å². The summed E-state index contributed by atoms with van der Waals surface area (Å²) in [6.07, 6.45) is 1.55. The summed E-state index contributed by atoms with van der Waals surface area (Å²) in [6.45, 7) is 2.21. The number of alkyl halides is 2. The van der Waals surface area contributed by atoms with Gasteiger partial charge in [0.1, 0.15) is 5.82 Å². The van der Waals surface area contributed by atoms with Crippen molar-refractivity contribution in [2.45, 2.75) is 32.1 Å². The quantitative estimate of drug-likeness (QED) is 0.832. The summed E-state index contributed by atoms with van der Waals surface area (Å²) in [6, 6.07) is 7.38. The lowest BCUT2D eigenvalue weighted by molar-refractivity contribution is -0.286. The third-order valence-electron chi connectivity index (χ3n) is 4.62. The first-order valence-corrected chi connectivity index (χ1v) is 9.14. The summed E-state index contributed by atoms with van der Waals surface area (Å²) >= 11 is 0. The van der Waals surface area contributed by atoms with Crippen LogP contribution in [0.15, 0.2) is 36.5 Å². The van der Waals surface area contributed by atoms with Gasteiger partial charge in [0.2, 0.25) is 0 Å². The molecule has 7 nitrogen and oxygen atoms in total. The number of hydrogen-bond donors (Lipinski definition) is 2. The van der Waals surface area contributed by atoms with E-state index in [1.54, 1.807) is 6.20 Å². The van der Waals surface area contributed by atoms with E-state index in [0.29, 0.717) is 12.2 Å². The highest BCUT2D eigenvalue weighted by molar-refractivity contribution is 5.89. The predicted octanol–water partition coefficient (Wildman–Crippen LogP) is 3.72. The van der Waals surface area contributed by atoms with E-state index in [9.17, 15) is 13.6 Å². The Balaban J connectivity index is 1.37. The zero-order valence-corrected chi connectivity index (χ0v) is 15.1. The van der Waals surface area contributed by atoms with Crippen molar-refractivity contribution >= 4 is 17.5 Å². The molecule has 4 rings (SSSR count). The van der Waals surface area contributed by atoms with Gasteiger partial charge in [0.05, 0.1) is 0 Å². The standard InChI is InChI=1S/C19H20F2N4O3/c20-19(21)27-15-7-6-14(11-16(15)28-19)24-18(26)23-12-13-5-4-8-22-17(13)25-9-2-1-3-10-25/h4-8,11H,1-3,9-10,12H2,(H2,23,24,26). The molecule has 148 valence electrons. The van der Waals surface area contributed by atoms with E-state index < -0.39 is 12.3 Å². The van der Waals surface area contributed by atoms with Crippen LogP contribution in [0, 0.1) is 0 Å². The van der Waals surface area contributed by atoms with Crippen LogP contribution in [0.3, 0.4) is 0 Å². The molecular weight excluding hydrogens is 370 g/mol. The number of piperidine rings is 1. The number of benzene rings is 1. The number of nitrogens with one attached hydrogen (secondary N) is 2. The molecule has 1 fully saturated rings. The number of amides is 2. The van der Waals surface area contributed by atoms with Crippen LogP contribution >= 0.6 is 0 Å². The molecule has 9 heteroatoms. The Morgan fingerprint density at radius 3 is 2.75 bits per heavy atom. The van der Waals surface area contributed by atoms with Gasteiger partial charge in [-0.3, -0.25) is 0 Å². The van der Waals surface area contributed by atoms with Gasteiger partial charge < -0.3 is 25.0 Å². The van der Waals surface area contributed by atoms with Gasteiger partial charge in [-0.05, 0) is 37.5 Å². The summed E-state index contributed by atoms with van der Waals surface area (Å²) in [7, 11) is 0. The van der Waals surface area contributed by atoms with Crippen LogP contribution in [0.2, 0.25) is 0 Å². The second-order valence-corrected chi connectivity index (χ2v) is 6.67. The second-order valence-electron chi connectivity index (χ2n) is 6.67. The molecule has 2 aliphatic heterocycles. The van der Waals surface area contributed by atoms with Gasteiger partial charge in [-0.25, -0.2) is 9.78 Å². The maximum atomic E-state index is 13.1. The molecule has 0 radical (unpaired) electrons. The number of carbonyl (C=O) groups is 1. The Bertz CT molecular complexity index is 872. The molecule has 2 aromatic rings. The highest BCUT2D eigenvalue weighted by Crippen LogP contribution is 2.42. The number of halogens is 2. The number of urea groups is 1. The monoisotopic (exact) mass is 390 g/mol. The number of rotatable bonds is 4. The molecule has 3 heterocycles. The van der Waals surface area contributed by atoms with Gasteiger partial charge in [0.25, 0.3) is 0 Å². The van der Waals surface area contributed by atoms with Crippen LogP contribution in [0.1, 0.15) is 24.8 Å². The van der Waals surface area contributed by atoms with Crippen molar-refractivity contribution < 1.29 is 23.0 Å². The summed E-state index contributed by atoms with van der Waals surface area (Å²) in [4.78, 5) is 18.9. The van der Waals surface area contributed by atoms with Crippen molar-refractivity contribution in [2.75, 3.05) is 23.3 Å². The average molecular weight is 390 g/mol. The van der Waals surface area contributed by atoms with Crippen molar-refractivity contribution in [1.82, 2.24) is 10.3 Å². The largest absolute Gasteiger partial charge is 0.586 e. The second kappa shape index (κ2) is 7.49. The number of carbonyl (C=O) groups excluding carboxylic acids is 1. The van der Waals surface area contributed by atoms with Gasteiger partial charge in [0, 0.05) is 43.1 Å². The van der Waals surface area contributed by atoms with Gasteiger partial charge in [-0.15, -0.1) is 8.78 Å². The van der Waals surface area contributed by atoms with Crippen molar-refractivity contribution in [3.63, 3.8) is 0 Å². The fourth-order valence-electron chi connectivity index (χ4n) is 3.34. The zero-order chi connectivity index (χ0) is 19.6. The Kier molecular flexibility index (Phi) is 4.89. The van der Waals surface area contributed by atoms with Crippen LogP contribution in [0.4, 0.5) is 25.1 Å². The number of ether oxygens (including phenoxy) is 2. The number of hydrogen-bond acceptors (Lipinski definition) is 5. The highest BCUT2D eigenvalue weighted by atomic mass is 19.3. The number of anilines is 2. The van der Waals surface area contributed by atoms with Crippen LogP contribution in [0.25, 0.3) is 0 Å². The summed E-state index contributed by atoms with van der Waals surface area (Å²) in [5.74, 6) is 0.688. The highest BCUT2D eigenvalue weighted by Gasteiger charge is 2.43. The Morgan fingerprint density at radius 1 is 1.14 bits per heavy atom. The Labute approximate surface area is 160 Å². The lowest BCUT2D eigenvalue weighted by Gasteiger charge is -2.29. The van der Waals surface area contributed by atoms with Gasteiger partial charge in [-0.2, -0.15) is 0 Å². The summed E-state index contributed by atoms with van der Waals surface area (Å²) < 4.78 is 34.9. The molecular formula is C19H20F2N4O3. The molecule has 0 saturated carbocycles. The van der Waals surface area contributed by atoms with E-state index in [0.717, 1.165) is 37.3 Å². The molecule has 1 saturated heterocycles. The van der Waals surface area contributed by atoms with E-state index in [-0.39, 0.29) is 11.5 Å².